The standard InChI is InChI=1S/C46H81N5O29/c1-14-29(60)36(67)40(69-6)46(72-14)71-9-8-19(30(61)25(41(68)70-7)48-15(2)56)73-43-26(49-16(3)57)33(64)38(22(12-54)75-43)79-45-28(51-18(5)59)35(66)39(23(13-55)77-45)80-44-27(50-17(4)58)34(65)37(21(11-53)76-44)78-42-24(47)32(63)31(62)20(10-52)74-42/h14,19-46,52-55,60-68H,8-13,47H2,1-7H3,(H,48,56)(H,49,57)(H,50,58)(H,51,59)/t14?,19?,20?,21?,22?,23?,24?,25?,26?,27?,28?,29-,30?,31-,32?,33?,34?,35?,36?,37-,38-,39-,40?,41?,42+,43-,44+,45+,46-/m1/s1. The highest BCUT2D eigenvalue weighted by Crippen LogP contribution is 2.36. The van der Waals surface area contributed by atoms with Crippen LogP contribution in [0, 0.1) is 0 Å². The van der Waals surface area contributed by atoms with E-state index in [4.69, 9.17) is 62.6 Å². The summed E-state index contributed by atoms with van der Waals surface area (Å²) in [6.07, 6.45) is -40.2. The van der Waals surface area contributed by atoms with E-state index in [-0.39, 0.29) is 6.42 Å². The zero-order chi connectivity index (χ0) is 59.6. The molecule has 5 fully saturated rings. The number of methoxy groups -OCH3 is 2. The fourth-order valence-electron chi connectivity index (χ4n) is 10.0. The van der Waals surface area contributed by atoms with E-state index in [0.717, 1.165) is 34.8 Å². The maximum absolute atomic E-state index is 12.8. The summed E-state index contributed by atoms with van der Waals surface area (Å²) in [5.41, 5.74) is 6.04. The number of carbonyl (C=O) groups is 4. The number of aliphatic hydroxyl groups is 13. The number of hydrogen-bond donors (Lipinski definition) is 18. The first-order valence-electron chi connectivity index (χ1n) is 25.7. The predicted molar refractivity (Wildman–Crippen MR) is 258 cm³/mol. The van der Waals surface area contributed by atoms with E-state index in [0.29, 0.717) is 0 Å². The van der Waals surface area contributed by atoms with E-state index in [9.17, 15) is 85.6 Å². The summed E-state index contributed by atoms with van der Waals surface area (Å²) >= 11 is 0. The van der Waals surface area contributed by atoms with Crippen molar-refractivity contribution in [2.45, 2.75) is 219 Å². The highest BCUT2D eigenvalue weighted by Gasteiger charge is 2.57. The Morgan fingerprint density at radius 1 is 0.525 bits per heavy atom. The van der Waals surface area contributed by atoms with Gasteiger partial charge in [0.25, 0.3) is 0 Å². The van der Waals surface area contributed by atoms with Crippen LogP contribution in [0.25, 0.3) is 0 Å². The van der Waals surface area contributed by atoms with Crippen molar-refractivity contribution in [1.29, 1.82) is 0 Å². The molecule has 80 heavy (non-hydrogen) atoms. The average molecular weight is 1170 g/mol. The van der Waals surface area contributed by atoms with Gasteiger partial charge in [-0.25, -0.2) is 0 Å². The fraction of sp³-hybridized carbons (Fsp3) is 0.913. The summed E-state index contributed by atoms with van der Waals surface area (Å²) in [4.78, 5) is 50.5. The SMILES string of the molecule is COC(O)C(NC(C)=O)C(O)C(CCO[C@@H]1OC(C)[C@@H](O)C(O)C1OC)O[C@@H]1OC(CO)[C@@H](O[C@@H]2OC(CO)[C@@H](O[C@@H]3OC(CO)[C@@H](O[C@@H]4OC(CO)[C@@H](O)C(O)C4N)C(O)C3NC(C)=O)C(O)C2NC(C)=O)C(O)C1NC(C)=O. The number of nitrogens with one attached hydrogen (secondary N) is 4. The molecule has 0 aromatic carbocycles. The third kappa shape index (κ3) is 16.2. The zero-order valence-corrected chi connectivity index (χ0v) is 44.9. The molecule has 0 bridgehead atoms. The molecule has 0 aromatic heterocycles. The van der Waals surface area contributed by atoms with Crippen LogP contribution in [0.5, 0.6) is 0 Å². The van der Waals surface area contributed by atoms with Gasteiger partial charge in [0.15, 0.2) is 37.7 Å². The molecule has 34 heteroatoms. The van der Waals surface area contributed by atoms with Gasteiger partial charge in [0.2, 0.25) is 23.6 Å². The first-order chi connectivity index (χ1) is 37.8. The van der Waals surface area contributed by atoms with E-state index in [1.165, 1.54) is 14.0 Å². The van der Waals surface area contributed by atoms with Crippen LogP contribution in [-0.4, -0.2) is 315 Å². The minimum Gasteiger partial charge on any atom is -0.394 e. The van der Waals surface area contributed by atoms with Crippen LogP contribution in [0.2, 0.25) is 0 Å². The molecule has 34 nitrogen and oxygen atoms in total. The minimum absolute atomic E-state index is 0.389. The lowest BCUT2D eigenvalue weighted by Crippen LogP contribution is -2.71. The Morgan fingerprint density at radius 3 is 1.36 bits per heavy atom. The van der Waals surface area contributed by atoms with E-state index in [2.05, 4.69) is 21.3 Å². The molecule has 29 atom stereocenters. The molecule has 0 aromatic rings. The summed E-state index contributed by atoms with van der Waals surface area (Å²) < 4.78 is 69.9. The molecule has 5 aliphatic rings. The van der Waals surface area contributed by atoms with Crippen LogP contribution >= 0.6 is 0 Å². The Morgan fingerprint density at radius 2 is 0.950 bits per heavy atom. The molecule has 5 heterocycles. The van der Waals surface area contributed by atoms with Crippen molar-refractivity contribution >= 4 is 23.6 Å². The maximum atomic E-state index is 12.8. The molecule has 5 rings (SSSR count). The second kappa shape index (κ2) is 30.6. The topological polar surface area (TPSA) is 516 Å². The van der Waals surface area contributed by atoms with Gasteiger partial charge >= 0.3 is 0 Å². The second-order valence-electron chi connectivity index (χ2n) is 20.0. The zero-order valence-electron chi connectivity index (χ0n) is 44.9. The molecule has 5 aliphatic heterocycles. The van der Waals surface area contributed by atoms with Crippen molar-refractivity contribution in [3.8, 4) is 0 Å². The highest BCUT2D eigenvalue weighted by atomic mass is 16.8. The summed E-state index contributed by atoms with van der Waals surface area (Å²) in [5.74, 6) is -3.13. The molecule has 19 N–H and O–H groups in total. The molecule has 0 spiro atoms. The van der Waals surface area contributed by atoms with Crippen LogP contribution in [0.1, 0.15) is 41.0 Å². The van der Waals surface area contributed by atoms with E-state index in [1.54, 1.807) is 0 Å². The van der Waals surface area contributed by atoms with Crippen LogP contribution in [-0.2, 0) is 76.0 Å². The molecular weight excluding hydrogens is 1090 g/mol. The summed E-state index contributed by atoms with van der Waals surface area (Å²) in [5, 5.41) is 152. The smallest absolute Gasteiger partial charge is 0.217 e. The Labute approximate surface area is 458 Å². The van der Waals surface area contributed by atoms with Crippen LogP contribution < -0.4 is 27.0 Å². The molecular formula is C46H81N5O29. The van der Waals surface area contributed by atoms with Gasteiger partial charge in [-0.2, -0.15) is 0 Å². The van der Waals surface area contributed by atoms with Gasteiger partial charge in [-0.1, -0.05) is 0 Å². The van der Waals surface area contributed by atoms with Crippen LogP contribution in [0.4, 0.5) is 0 Å². The average Bonchev–Trinajstić information content (AvgIpc) is 3.49. The van der Waals surface area contributed by atoms with Gasteiger partial charge in [0, 0.05) is 41.9 Å². The van der Waals surface area contributed by atoms with Crippen molar-refractivity contribution in [2.24, 2.45) is 5.73 Å². The summed E-state index contributed by atoms with van der Waals surface area (Å²) in [6, 6.07) is -8.21. The summed E-state index contributed by atoms with van der Waals surface area (Å²) in [6.45, 7) is 1.54. The second-order valence-corrected chi connectivity index (χ2v) is 20.0. The maximum Gasteiger partial charge on any atom is 0.217 e. The highest BCUT2D eigenvalue weighted by molar-refractivity contribution is 5.74. The summed E-state index contributed by atoms with van der Waals surface area (Å²) in [7, 11) is 2.30. The Bertz CT molecular complexity index is 1960. The lowest BCUT2D eigenvalue weighted by molar-refractivity contribution is -0.364. The molecule has 0 radical (unpaired) electrons. The third-order valence-corrected chi connectivity index (χ3v) is 14.2. The Kier molecular flexibility index (Phi) is 25.9. The van der Waals surface area contributed by atoms with Gasteiger partial charge in [0.05, 0.1) is 51.3 Å². The van der Waals surface area contributed by atoms with Crippen molar-refractivity contribution in [3.63, 3.8) is 0 Å². The molecule has 0 saturated carbocycles. The molecule has 4 amide bonds. The molecule has 464 valence electrons. The molecule has 5 saturated heterocycles. The van der Waals surface area contributed by atoms with Crippen LogP contribution in [0.15, 0.2) is 0 Å². The number of aliphatic hydroxyl groups excluding tert-OH is 13. The van der Waals surface area contributed by atoms with Gasteiger partial charge < -0.3 is 150 Å². The largest absolute Gasteiger partial charge is 0.394 e. The number of hydrogen-bond acceptors (Lipinski definition) is 30. The lowest BCUT2D eigenvalue weighted by atomic mass is 9.93. The lowest BCUT2D eigenvalue weighted by Gasteiger charge is -2.51. The van der Waals surface area contributed by atoms with E-state index in [1.807, 2.05) is 0 Å². The molecule has 19 unspecified atom stereocenters. The van der Waals surface area contributed by atoms with Gasteiger partial charge in [-0.15, -0.1) is 0 Å². The third-order valence-electron chi connectivity index (χ3n) is 14.2. The number of carbonyl (C=O) groups excluding carboxylic acids is 4. The van der Waals surface area contributed by atoms with Gasteiger partial charge in [0.1, 0.15) is 122 Å². The Hall–Kier alpha value is -3.16. The predicted octanol–water partition coefficient (Wildman–Crippen LogP) is -11.2. The molecule has 0 aliphatic carbocycles. The van der Waals surface area contributed by atoms with Crippen molar-refractivity contribution < 1.29 is 142 Å². The number of amides is 4. The number of ether oxygens (including phenoxy) is 12. The monoisotopic (exact) mass is 1170 g/mol. The van der Waals surface area contributed by atoms with E-state index < -0.39 is 234 Å². The van der Waals surface area contributed by atoms with Gasteiger partial charge in [-0.05, 0) is 13.3 Å². The van der Waals surface area contributed by atoms with Crippen molar-refractivity contribution in [3.05, 3.63) is 0 Å². The number of nitrogens with two attached hydrogens (primary N) is 1. The normalized spacial score (nSPS) is 42.1. The van der Waals surface area contributed by atoms with E-state index >= 15 is 0 Å². The minimum atomic E-state index is -2.01. The first-order valence-corrected chi connectivity index (χ1v) is 25.7. The van der Waals surface area contributed by atoms with Crippen LogP contribution in [0.3, 0.4) is 0 Å². The van der Waals surface area contributed by atoms with Crippen molar-refractivity contribution in [2.75, 3.05) is 47.3 Å². The number of rotatable bonds is 25. The quantitative estimate of drug-likeness (QED) is 0.0378. The van der Waals surface area contributed by atoms with Crippen molar-refractivity contribution in [1.82, 2.24) is 21.3 Å². The van der Waals surface area contributed by atoms with Gasteiger partial charge in [-0.3, -0.25) is 19.2 Å². The fourth-order valence-corrected chi connectivity index (χ4v) is 10.0. The Balaban J connectivity index is 1.41. The first kappa shape index (κ1) is 67.6.